The third-order valence-corrected chi connectivity index (χ3v) is 4.04. The molecule has 118 valence electrons. The quantitative estimate of drug-likeness (QED) is 0.570. The van der Waals surface area contributed by atoms with Gasteiger partial charge in [0.2, 0.25) is 15.9 Å². The Labute approximate surface area is 125 Å². The summed E-state index contributed by atoms with van der Waals surface area (Å²) < 4.78 is 23.1. The van der Waals surface area contributed by atoms with Gasteiger partial charge in [-0.3, -0.25) is 4.79 Å². The van der Waals surface area contributed by atoms with Crippen molar-refractivity contribution in [3.63, 3.8) is 0 Å². The molecule has 1 aromatic rings. The third-order valence-electron chi connectivity index (χ3n) is 3.00. The number of amides is 1. The van der Waals surface area contributed by atoms with Crippen molar-refractivity contribution in [3.8, 4) is 0 Å². The molecular weight excluding hydrogens is 292 g/mol. The van der Waals surface area contributed by atoms with E-state index < -0.39 is 16.1 Å². The topological polar surface area (TPSA) is 127 Å². The third kappa shape index (κ3) is 4.61. The van der Waals surface area contributed by atoms with Gasteiger partial charge in [0.25, 0.3) is 0 Å². The number of hydrogen-bond donors (Lipinski definition) is 4. The van der Waals surface area contributed by atoms with Gasteiger partial charge in [0.1, 0.15) is 6.04 Å². The minimum absolute atomic E-state index is 0.0498. The number of benzene rings is 1. The SMILES string of the molecule is CCCNC(=O)C(C)Nc1cc(N)cc(S(N)(=O)=O)c1C. The first-order valence-electron chi connectivity index (χ1n) is 6.64. The highest BCUT2D eigenvalue weighted by Gasteiger charge is 2.18. The van der Waals surface area contributed by atoms with E-state index in [4.69, 9.17) is 10.9 Å². The molecule has 1 rings (SSSR count). The van der Waals surface area contributed by atoms with Crippen molar-refractivity contribution in [2.75, 3.05) is 17.6 Å². The highest BCUT2D eigenvalue weighted by atomic mass is 32.2. The molecule has 0 aromatic heterocycles. The summed E-state index contributed by atoms with van der Waals surface area (Å²) in [6.45, 7) is 5.84. The maximum absolute atomic E-state index is 11.8. The molecule has 7 nitrogen and oxygen atoms in total. The second-order valence-electron chi connectivity index (χ2n) is 4.89. The number of primary sulfonamides is 1. The number of carbonyl (C=O) groups is 1. The van der Waals surface area contributed by atoms with Crippen LogP contribution in [0.5, 0.6) is 0 Å². The lowest BCUT2D eigenvalue weighted by Crippen LogP contribution is -2.38. The molecule has 1 amide bonds. The second kappa shape index (κ2) is 6.77. The van der Waals surface area contributed by atoms with Gasteiger partial charge in [0, 0.05) is 17.9 Å². The molecule has 0 spiro atoms. The van der Waals surface area contributed by atoms with E-state index >= 15 is 0 Å². The van der Waals surface area contributed by atoms with Gasteiger partial charge in [-0.15, -0.1) is 0 Å². The number of rotatable bonds is 6. The minimum Gasteiger partial charge on any atom is -0.399 e. The Morgan fingerprint density at radius 2 is 2.00 bits per heavy atom. The van der Waals surface area contributed by atoms with E-state index in [1.807, 2.05) is 6.92 Å². The maximum Gasteiger partial charge on any atom is 0.242 e. The first kappa shape index (κ1) is 17.3. The zero-order valence-electron chi connectivity index (χ0n) is 12.4. The van der Waals surface area contributed by atoms with Crippen LogP contribution >= 0.6 is 0 Å². The Balaban J connectivity index is 3.04. The molecule has 0 heterocycles. The van der Waals surface area contributed by atoms with Crippen molar-refractivity contribution in [2.45, 2.75) is 38.1 Å². The standard InChI is InChI=1S/C13H22N4O3S/c1-4-5-16-13(18)9(3)17-11-6-10(14)7-12(8(11)2)21(15,19)20/h6-7,9,17H,4-5,14H2,1-3H3,(H,16,18)(H2,15,19,20). The minimum atomic E-state index is -3.87. The fourth-order valence-electron chi connectivity index (χ4n) is 1.85. The first-order chi connectivity index (χ1) is 9.66. The van der Waals surface area contributed by atoms with Crippen molar-refractivity contribution in [2.24, 2.45) is 5.14 Å². The van der Waals surface area contributed by atoms with Gasteiger partial charge in [0.05, 0.1) is 4.90 Å². The van der Waals surface area contributed by atoms with Crippen LogP contribution in [0.15, 0.2) is 17.0 Å². The van der Waals surface area contributed by atoms with E-state index in [-0.39, 0.29) is 16.5 Å². The van der Waals surface area contributed by atoms with Gasteiger partial charge in [-0.1, -0.05) is 6.92 Å². The molecule has 0 aliphatic carbocycles. The smallest absolute Gasteiger partial charge is 0.242 e. The van der Waals surface area contributed by atoms with Crippen molar-refractivity contribution in [3.05, 3.63) is 17.7 Å². The molecule has 1 unspecified atom stereocenters. The first-order valence-corrected chi connectivity index (χ1v) is 8.18. The summed E-state index contributed by atoms with van der Waals surface area (Å²) in [6.07, 6.45) is 0.839. The van der Waals surface area contributed by atoms with E-state index in [2.05, 4.69) is 10.6 Å². The summed E-state index contributed by atoms with van der Waals surface area (Å²) in [5.74, 6) is -0.171. The van der Waals surface area contributed by atoms with E-state index in [0.29, 0.717) is 17.8 Å². The Hall–Kier alpha value is -1.80. The highest BCUT2D eigenvalue weighted by molar-refractivity contribution is 7.89. The average Bonchev–Trinajstić information content (AvgIpc) is 2.38. The number of sulfonamides is 1. The summed E-state index contributed by atoms with van der Waals surface area (Å²) in [7, 11) is -3.87. The van der Waals surface area contributed by atoms with E-state index in [0.717, 1.165) is 6.42 Å². The van der Waals surface area contributed by atoms with Crippen LogP contribution in [0.3, 0.4) is 0 Å². The van der Waals surface area contributed by atoms with E-state index in [1.165, 1.54) is 6.07 Å². The van der Waals surface area contributed by atoms with Gasteiger partial charge in [-0.2, -0.15) is 0 Å². The number of nitrogens with two attached hydrogens (primary N) is 2. The monoisotopic (exact) mass is 314 g/mol. The van der Waals surface area contributed by atoms with Gasteiger partial charge in [0.15, 0.2) is 0 Å². The zero-order chi connectivity index (χ0) is 16.2. The number of carbonyl (C=O) groups excluding carboxylic acids is 1. The average molecular weight is 314 g/mol. The highest BCUT2D eigenvalue weighted by Crippen LogP contribution is 2.26. The summed E-state index contributed by atoms with van der Waals surface area (Å²) >= 11 is 0. The molecule has 1 atom stereocenters. The Morgan fingerprint density at radius 3 is 2.52 bits per heavy atom. The molecule has 6 N–H and O–H groups in total. The van der Waals surface area contributed by atoms with Crippen LogP contribution in [0.25, 0.3) is 0 Å². The molecule has 0 radical (unpaired) electrons. The molecule has 0 aliphatic heterocycles. The van der Waals surface area contributed by atoms with Crippen LogP contribution in [0.4, 0.5) is 11.4 Å². The maximum atomic E-state index is 11.8. The van der Waals surface area contributed by atoms with Crippen LogP contribution in [-0.4, -0.2) is 26.9 Å². The van der Waals surface area contributed by atoms with Crippen molar-refractivity contribution >= 4 is 27.3 Å². The number of nitrogen functional groups attached to an aromatic ring is 1. The Bertz CT molecular complexity index is 629. The lowest BCUT2D eigenvalue weighted by molar-refractivity contribution is -0.121. The van der Waals surface area contributed by atoms with Crippen LogP contribution in [0, 0.1) is 6.92 Å². The summed E-state index contributed by atoms with van der Waals surface area (Å²) in [5.41, 5.74) is 6.86. The Morgan fingerprint density at radius 1 is 1.38 bits per heavy atom. The molecule has 0 saturated carbocycles. The molecule has 8 heteroatoms. The molecule has 0 aliphatic rings. The Kier molecular flexibility index (Phi) is 5.56. The fraction of sp³-hybridized carbons (Fsp3) is 0.462. The number of hydrogen-bond acceptors (Lipinski definition) is 5. The molecule has 1 aromatic carbocycles. The van der Waals surface area contributed by atoms with E-state index in [9.17, 15) is 13.2 Å². The molecule has 21 heavy (non-hydrogen) atoms. The normalized spacial score (nSPS) is 12.8. The van der Waals surface area contributed by atoms with E-state index in [1.54, 1.807) is 19.9 Å². The van der Waals surface area contributed by atoms with Crippen LogP contribution < -0.4 is 21.5 Å². The van der Waals surface area contributed by atoms with Gasteiger partial charge in [-0.05, 0) is 38.0 Å². The van der Waals surface area contributed by atoms with Gasteiger partial charge >= 0.3 is 0 Å². The van der Waals surface area contributed by atoms with Crippen LogP contribution in [0.1, 0.15) is 25.8 Å². The van der Waals surface area contributed by atoms with Crippen molar-refractivity contribution in [1.82, 2.24) is 5.32 Å². The second-order valence-corrected chi connectivity index (χ2v) is 6.42. The summed E-state index contributed by atoms with van der Waals surface area (Å²) in [5, 5.41) is 10.9. The van der Waals surface area contributed by atoms with Crippen molar-refractivity contribution < 1.29 is 13.2 Å². The largest absolute Gasteiger partial charge is 0.399 e. The number of nitrogens with one attached hydrogen (secondary N) is 2. The van der Waals surface area contributed by atoms with Crippen LogP contribution in [-0.2, 0) is 14.8 Å². The van der Waals surface area contributed by atoms with Crippen LogP contribution in [0.2, 0.25) is 0 Å². The lowest BCUT2D eigenvalue weighted by atomic mass is 10.1. The summed E-state index contributed by atoms with van der Waals surface area (Å²) in [6, 6.07) is 2.36. The molecule has 0 fully saturated rings. The predicted molar refractivity (Wildman–Crippen MR) is 83.4 cm³/mol. The van der Waals surface area contributed by atoms with Gasteiger partial charge in [-0.25, -0.2) is 13.6 Å². The summed E-state index contributed by atoms with van der Waals surface area (Å²) in [4.78, 5) is 11.8. The zero-order valence-corrected chi connectivity index (χ0v) is 13.3. The molecule has 0 bridgehead atoms. The number of anilines is 2. The molecular formula is C13H22N4O3S. The lowest BCUT2D eigenvalue weighted by Gasteiger charge is -2.18. The predicted octanol–water partition coefficient (Wildman–Crippen LogP) is 0.551. The molecule has 0 saturated heterocycles. The fourth-order valence-corrected chi connectivity index (χ4v) is 2.69. The van der Waals surface area contributed by atoms with Crippen molar-refractivity contribution in [1.29, 1.82) is 0 Å². The van der Waals surface area contributed by atoms with Gasteiger partial charge < -0.3 is 16.4 Å².